The largest absolute Gasteiger partial charge is 0.349 e. The van der Waals surface area contributed by atoms with Crippen molar-refractivity contribution in [3.8, 4) is 0 Å². The van der Waals surface area contributed by atoms with Gasteiger partial charge < -0.3 is 14.8 Å². The van der Waals surface area contributed by atoms with Gasteiger partial charge in [0.15, 0.2) is 0 Å². The molecule has 0 radical (unpaired) electrons. The molecule has 1 rings (SSSR count). The highest BCUT2D eigenvalue weighted by molar-refractivity contribution is 9.10. The van der Waals surface area contributed by atoms with E-state index in [1.165, 1.54) is 0 Å². The summed E-state index contributed by atoms with van der Waals surface area (Å²) in [6, 6.07) is 1.87. The van der Waals surface area contributed by atoms with Gasteiger partial charge in [0.2, 0.25) is 0 Å². The molecule has 1 aromatic heterocycles. The highest BCUT2D eigenvalue weighted by atomic mass is 79.9. The lowest BCUT2D eigenvalue weighted by atomic mass is 10.3. The molecule has 1 heterocycles. The normalized spacial score (nSPS) is 10.9. The van der Waals surface area contributed by atoms with Crippen LogP contribution in [0.3, 0.4) is 0 Å². The highest BCUT2D eigenvalue weighted by Gasteiger charge is 2.12. The number of halogens is 1. The fraction of sp³-hybridized carbons (Fsp3) is 0.615. The van der Waals surface area contributed by atoms with Gasteiger partial charge in [-0.25, -0.2) is 0 Å². The fourth-order valence-corrected chi connectivity index (χ4v) is 2.16. The number of rotatable bonds is 7. The second-order valence-corrected chi connectivity index (χ2v) is 5.30. The van der Waals surface area contributed by atoms with E-state index in [0.717, 1.165) is 36.2 Å². The summed E-state index contributed by atoms with van der Waals surface area (Å²) in [4.78, 5) is 14.2. The Morgan fingerprint density at radius 2 is 2.22 bits per heavy atom. The summed E-state index contributed by atoms with van der Waals surface area (Å²) < 4.78 is 2.94. The first-order chi connectivity index (χ1) is 8.58. The summed E-state index contributed by atoms with van der Waals surface area (Å²) in [6.07, 6.45) is 2.97. The summed E-state index contributed by atoms with van der Waals surface area (Å²) >= 11 is 3.41. The van der Waals surface area contributed by atoms with Crippen molar-refractivity contribution in [1.82, 2.24) is 14.8 Å². The average Bonchev–Trinajstić information content (AvgIpc) is 2.70. The molecule has 0 unspecified atom stereocenters. The van der Waals surface area contributed by atoms with Crippen LogP contribution < -0.4 is 5.32 Å². The zero-order valence-electron chi connectivity index (χ0n) is 11.4. The maximum atomic E-state index is 12.1. The molecule has 102 valence electrons. The second-order valence-electron chi connectivity index (χ2n) is 4.39. The Labute approximate surface area is 117 Å². The molecule has 0 saturated carbocycles. The van der Waals surface area contributed by atoms with Gasteiger partial charge in [-0.05, 0) is 42.0 Å². The van der Waals surface area contributed by atoms with Crippen molar-refractivity contribution >= 4 is 21.8 Å². The lowest BCUT2D eigenvalue weighted by Crippen LogP contribution is -2.33. The van der Waals surface area contributed by atoms with Gasteiger partial charge >= 0.3 is 0 Å². The van der Waals surface area contributed by atoms with Crippen LogP contribution in [0.5, 0.6) is 0 Å². The number of nitrogens with zero attached hydrogens (tertiary/aromatic N) is 2. The Hall–Kier alpha value is -0.810. The van der Waals surface area contributed by atoms with E-state index >= 15 is 0 Å². The van der Waals surface area contributed by atoms with Gasteiger partial charge in [-0.3, -0.25) is 4.79 Å². The molecule has 0 aliphatic heterocycles. The highest BCUT2D eigenvalue weighted by Crippen LogP contribution is 2.15. The fourth-order valence-electron chi connectivity index (χ4n) is 1.70. The summed E-state index contributed by atoms with van der Waals surface area (Å²) in [7, 11) is 2.04. The summed E-state index contributed by atoms with van der Waals surface area (Å²) in [5.74, 6) is -0.00125. The molecular weight excluding hydrogens is 294 g/mol. The van der Waals surface area contributed by atoms with Gasteiger partial charge in [-0.15, -0.1) is 0 Å². The number of hydrogen-bond donors (Lipinski definition) is 1. The molecule has 1 aromatic rings. The van der Waals surface area contributed by atoms with E-state index < -0.39 is 0 Å². The van der Waals surface area contributed by atoms with E-state index in [4.69, 9.17) is 0 Å². The van der Waals surface area contributed by atoms with E-state index in [0.29, 0.717) is 6.54 Å². The van der Waals surface area contributed by atoms with Crippen LogP contribution in [0.25, 0.3) is 0 Å². The van der Waals surface area contributed by atoms with Crippen LogP contribution in [0, 0.1) is 0 Å². The first kappa shape index (κ1) is 15.2. The van der Waals surface area contributed by atoms with E-state index in [2.05, 4.69) is 40.0 Å². The van der Waals surface area contributed by atoms with Crippen molar-refractivity contribution in [3.63, 3.8) is 0 Å². The zero-order chi connectivity index (χ0) is 13.5. The number of aromatic nitrogens is 1. The molecule has 0 aliphatic carbocycles. The molecule has 4 nitrogen and oxygen atoms in total. The number of carbonyl (C=O) groups is 1. The number of aryl methyl sites for hydroxylation is 1. The Kier molecular flexibility index (Phi) is 6.43. The van der Waals surface area contributed by atoms with Crippen LogP contribution in [0.4, 0.5) is 0 Å². The van der Waals surface area contributed by atoms with Crippen molar-refractivity contribution in [1.29, 1.82) is 0 Å². The Bertz CT molecular complexity index is 390. The maximum Gasteiger partial charge on any atom is 0.267 e. The monoisotopic (exact) mass is 315 g/mol. The number of nitrogens with one attached hydrogen (secondary N) is 1. The van der Waals surface area contributed by atoms with Crippen LogP contribution in [-0.2, 0) is 6.54 Å². The van der Waals surface area contributed by atoms with Gasteiger partial charge in [0.1, 0.15) is 5.69 Å². The Morgan fingerprint density at radius 3 is 2.83 bits per heavy atom. The number of likely N-dealkylation sites (N-methyl/N-ethyl adjacent to an activating group) is 1. The number of amides is 1. The minimum Gasteiger partial charge on any atom is -0.349 e. The van der Waals surface area contributed by atoms with Crippen LogP contribution in [-0.4, -0.2) is 42.1 Å². The lowest BCUT2D eigenvalue weighted by molar-refractivity contribution is 0.0940. The third-order valence-corrected chi connectivity index (χ3v) is 3.31. The standard InChI is InChI=1S/C13H22BrN3O/c1-4-7-17-10-11(14)9-12(17)13(18)15-6-8-16(3)5-2/h9-10H,4-8H2,1-3H3,(H,15,18). The molecule has 1 amide bonds. The van der Waals surface area contributed by atoms with Crippen LogP contribution in [0.2, 0.25) is 0 Å². The van der Waals surface area contributed by atoms with Gasteiger partial charge in [-0.1, -0.05) is 13.8 Å². The molecule has 0 atom stereocenters. The minimum atomic E-state index is -0.00125. The summed E-state index contributed by atoms with van der Waals surface area (Å²) in [5, 5.41) is 2.95. The van der Waals surface area contributed by atoms with Crippen molar-refractivity contribution in [2.45, 2.75) is 26.8 Å². The summed E-state index contributed by atoms with van der Waals surface area (Å²) in [5.41, 5.74) is 0.725. The van der Waals surface area contributed by atoms with E-state index in [-0.39, 0.29) is 5.91 Å². The van der Waals surface area contributed by atoms with Gasteiger partial charge in [0.05, 0.1) is 0 Å². The first-order valence-corrected chi connectivity index (χ1v) is 7.20. The van der Waals surface area contributed by atoms with Crippen LogP contribution in [0.1, 0.15) is 30.8 Å². The smallest absolute Gasteiger partial charge is 0.267 e. The van der Waals surface area contributed by atoms with Gasteiger partial charge in [0, 0.05) is 30.3 Å². The summed E-state index contributed by atoms with van der Waals surface area (Å²) in [6.45, 7) is 7.62. The quantitative estimate of drug-likeness (QED) is 0.838. The third kappa shape index (κ3) is 4.46. The number of hydrogen-bond acceptors (Lipinski definition) is 2. The molecule has 0 bridgehead atoms. The predicted octanol–water partition coefficient (Wildman–Crippen LogP) is 2.34. The number of carbonyl (C=O) groups excluding carboxylic acids is 1. The van der Waals surface area contributed by atoms with E-state index in [1.807, 2.05) is 23.9 Å². The molecular formula is C13H22BrN3O. The third-order valence-electron chi connectivity index (χ3n) is 2.88. The van der Waals surface area contributed by atoms with Crippen molar-refractivity contribution < 1.29 is 4.79 Å². The van der Waals surface area contributed by atoms with Gasteiger partial charge in [-0.2, -0.15) is 0 Å². The maximum absolute atomic E-state index is 12.1. The molecule has 0 aliphatic rings. The Morgan fingerprint density at radius 1 is 1.50 bits per heavy atom. The topological polar surface area (TPSA) is 37.3 Å². The SMILES string of the molecule is CCCn1cc(Br)cc1C(=O)NCCN(C)CC. The zero-order valence-corrected chi connectivity index (χ0v) is 13.0. The lowest BCUT2D eigenvalue weighted by Gasteiger charge is -2.14. The van der Waals surface area contributed by atoms with E-state index in [9.17, 15) is 4.79 Å². The van der Waals surface area contributed by atoms with Crippen molar-refractivity contribution in [2.24, 2.45) is 0 Å². The minimum absolute atomic E-state index is 0.00125. The van der Waals surface area contributed by atoms with Crippen molar-refractivity contribution in [2.75, 3.05) is 26.7 Å². The average molecular weight is 316 g/mol. The molecule has 18 heavy (non-hydrogen) atoms. The first-order valence-electron chi connectivity index (χ1n) is 6.40. The molecule has 5 heteroatoms. The molecule has 0 spiro atoms. The molecule has 0 aromatic carbocycles. The van der Waals surface area contributed by atoms with Crippen molar-refractivity contribution in [3.05, 3.63) is 22.4 Å². The Balaban J connectivity index is 2.55. The predicted molar refractivity (Wildman–Crippen MR) is 77.9 cm³/mol. The molecule has 1 N–H and O–H groups in total. The second kappa shape index (κ2) is 7.59. The van der Waals surface area contributed by atoms with E-state index in [1.54, 1.807) is 0 Å². The molecule has 0 saturated heterocycles. The van der Waals surface area contributed by atoms with Gasteiger partial charge in [0.25, 0.3) is 5.91 Å². The molecule has 0 fully saturated rings. The van der Waals surface area contributed by atoms with Crippen LogP contribution in [0.15, 0.2) is 16.7 Å². The van der Waals surface area contributed by atoms with Crippen LogP contribution >= 0.6 is 15.9 Å².